The molecule has 0 saturated carbocycles. The van der Waals surface area contributed by atoms with Crippen LogP contribution in [-0.2, 0) is 9.53 Å². The second-order valence-corrected chi connectivity index (χ2v) is 8.50. The van der Waals surface area contributed by atoms with E-state index in [0.717, 1.165) is 43.1 Å². The summed E-state index contributed by atoms with van der Waals surface area (Å²) in [6.45, 7) is 0.741. The van der Waals surface area contributed by atoms with E-state index in [1.807, 2.05) is 42.1 Å². The van der Waals surface area contributed by atoms with Crippen LogP contribution in [0.2, 0.25) is 0 Å². The minimum atomic E-state index is -0.710. The number of unbranched alkanes of at least 4 members (excludes halogenated alkanes) is 1. The van der Waals surface area contributed by atoms with Crippen molar-refractivity contribution in [2.45, 2.75) is 50.7 Å². The Labute approximate surface area is 166 Å². The lowest BCUT2D eigenvalue weighted by Crippen LogP contribution is -2.28. The lowest BCUT2D eigenvalue weighted by molar-refractivity contribution is -0.137. The van der Waals surface area contributed by atoms with Crippen molar-refractivity contribution in [3.8, 4) is 5.75 Å². The summed E-state index contributed by atoms with van der Waals surface area (Å²) in [6.07, 6.45) is 10.5. The molecule has 4 atom stereocenters. The van der Waals surface area contributed by atoms with Crippen molar-refractivity contribution in [3.05, 3.63) is 42.5 Å². The average Bonchev–Trinajstić information content (AvgIpc) is 3.27. The van der Waals surface area contributed by atoms with Crippen molar-refractivity contribution in [1.82, 2.24) is 0 Å². The monoisotopic (exact) mass is 390 g/mol. The van der Waals surface area contributed by atoms with Crippen LogP contribution in [0, 0.1) is 11.8 Å². The van der Waals surface area contributed by atoms with Crippen molar-refractivity contribution >= 4 is 17.7 Å². The maximum absolute atomic E-state index is 10.5. The Bertz CT molecular complexity index is 604. The lowest BCUT2D eigenvalue weighted by atomic mass is 9.78. The van der Waals surface area contributed by atoms with Gasteiger partial charge in [0, 0.05) is 12.2 Å². The van der Waals surface area contributed by atoms with E-state index >= 15 is 0 Å². The van der Waals surface area contributed by atoms with Gasteiger partial charge in [-0.1, -0.05) is 30.4 Å². The Morgan fingerprint density at radius 3 is 2.74 bits per heavy atom. The normalized spacial score (nSPS) is 26.7. The minimum absolute atomic E-state index is 0.256. The molecule has 0 amide bonds. The molecule has 2 aliphatic rings. The zero-order valence-corrected chi connectivity index (χ0v) is 16.6. The molecule has 2 heterocycles. The Hall–Kier alpha value is -1.46. The molecule has 1 aromatic rings. The van der Waals surface area contributed by atoms with Gasteiger partial charge in [0.25, 0.3) is 0 Å². The first kappa shape index (κ1) is 20.3. The molecule has 148 valence electrons. The zero-order chi connectivity index (χ0) is 18.9. The van der Waals surface area contributed by atoms with E-state index in [4.69, 9.17) is 14.6 Å². The highest BCUT2D eigenvalue weighted by atomic mass is 32.2. The molecule has 0 radical (unpaired) electrons. The number of hydrogen-bond donors (Lipinski definition) is 1. The van der Waals surface area contributed by atoms with Gasteiger partial charge < -0.3 is 14.6 Å². The molecular weight excluding hydrogens is 360 g/mol. The number of hydrogen-bond acceptors (Lipinski definition) is 4. The Kier molecular flexibility index (Phi) is 8.09. The van der Waals surface area contributed by atoms with Crippen LogP contribution in [0.15, 0.2) is 42.5 Å². The fraction of sp³-hybridized carbons (Fsp3) is 0.591. The number of carboxylic acids is 1. The Morgan fingerprint density at radius 2 is 1.96 bits per heavy atom. The van der Waals surface area contributed by atoms with Gasteiger partial charge in [0.2, 0.25) is 0 Å². The molecule has 2 fully saturated rings. The van der Waals surface area contributed by atoms with Crippen molar-refractivity contribution < 1.29 is 19.4 Å². The van der Waals surface area contributed by atoms with E-state index in [1.54, 1.807) is 0 Å². The highest BCUT2D eigenvalue weighted by Crippen LogP contribution is 2.46. The van der Waals surface area contributed by atoms with E-state index in [0.29, 0.717) is 24.0 Å². The van der Waals surface area contributed by atoms with Gasteiger partial charge in [0.05, 0.1) is 18.8 Å². The summed E-state index contributed by atoms with van der Waals surface area (Å²) in [5.41, 5.74) is 0. The van der Waals surface area contributed by atoms with Gasteiger partial charge in [-0.2, -0.15) is 11.8 Å². The number of benzene rings is 1. The maximum atomic E-state index is 10.5. The van der Waals surface area contributed by atoms with Gasteiger partial charge in [-0.15, -0.1) is 0 Å². The third kappa shape index (κ3) is 6.28. The largest absolute Gasteiger partial charge is 0.493 e. The van der Waals surface area contributed by atoms with Gasteiger partial charge in [-0.05, 0) is 61.8 Å². The van der Waals surface area contributed by atoms with Crippen LogP contribution >= 0.6 is 11.8 Å². The maximum Gasteiger partial charge on any atom is 0.303 e. The van der Waals surface area contributed by atoms with Crippen LogP contribution in [-0.4, -0.2) is 41.4 Å². The smallest absolute Gasteiger partial charge is 0.303 e. The number of carbonyl (C=O) groups is 1. The summed E-state index contributed by atoms with van der Waals surface area (Å²) in [7, 11) is 0. The minimum Gasteiger partial charge on any atom is -0.493 e. The van der Waals surface area contributed by atoms with Gasteiger partial charge >= 0.3 is 5.97 Å². The number of thioether (sulfide) groups is 1. The van der Waals surface area contributed by atoms with Crippen LogP contribution in [0.4, 0.5) is 0 Å². The second kappa shape index (κ2) is 10.8. The molecule has 27 heavy (non-hydrogen) atoms. The Morgan fingerprint density at radius 1 is 1.19 bits per heavy atom. The first-order valence-corrected chi connectivity index (χ1v) is 11.2. The number of aliphatic carboxylic acids is 1. The summed E-state index contributed by atoms with van der Waals surface area (Å²) in [6, 6.07) is 9.97. The molecule has 2 aliphatic heterocycles. The number of para-hydroxylation sites is 1. The lowest BCUT2D eigenvalue weighted by Gasteiger charge is -2.27. The number of fused-ring (bicyclic) bond motifs is 2. The van der Waals surface area contributed by atoms with Crippen LogP contribution in [0.3, 0.4) is 0 Å². The first-order valence-electron chi connectivity index (χ1n) is 10.0. The molecule has 3 rings (SSSR count). The molecule has 0 aliphatic carbocycles. The molecule has 0 aromatic heterocycles. The summed E-state index contributed by atoms with van der Waals surface area (Å²) in [4.78, 5) is 10.5. The first-order chi connectivity index (χ1) is 13.2. The number of ether oxygens (including phenoxy) is 2. The van der Waals surface area contributed by atoms with E-state index in [-0.39, 0.29) is 6.42 Å². The molecule has 4 nitrogen and oxygen atoms in total. The van der Waals surface area contributed by atoms with Crippen molar-refractivity contribution in [1.29, 1.82) is 0 Å². The van der Waals surface area contributed by atoms with Crippen LogP contribution in [0.1, 0.15) is 38.5 Å². The van der Waals surface area contributed by atoms with Crippen molar-refractivity contribution in [2.75, 3.05) is 18.1 Å². The second-order valence-electron chi connectivity index (χ2n) is 7.35. The van der Waals surface area contributed by atoms with E-state index in [9.17, 15) is 4.79 Å². The topological polar surface area (TPSA) is 55.8 Å². The predicted octanol–water partition coefficient (Wildman–Crippen LogP) is 4.79. The summed E-state index contributed by atoms with van der Waals surface area (Å²) in [5.74, 6) is 3.61. The molecular formula is C22H30O4S. The quantitative estimate of drug-likeness (QED) is 0.411. The fourth-order valence-corrected chi connectivity index (χ4v) is 5.23. The van der Waals surface area contributed by atoms with Crippen molar-refractivity contribution in [3.63, 3.8) is 0 Å². The highest BCUT2D eigenvalue weighted by molar-refractivity contribution is 7.99. The van der Waals surface area contributed by atoms with Crippen LogP contribution < -0.4 is 4.74 Å². The molecule has 5 heteroatoms. The molecule has 0 spiro atoms. The number of carboxylic acid groups (broad SMARTS) is 1. The molecule has 1 N–H and O–H groups in total. The third-order valence-electron chi connectivity index (χ3n) is 5.48. The molecule has 2 saturated heterocycles. The van der Waals surface area contributed by atoms with E-state index < -0.39 is 5.97 Å². The Balaban J connectivity index is 1.35. The van der Waals surface area contributed by atoms with Gasteiger partial charge in [0.1, 0.15) is 5.75 Å². The molecule has 0 unspecified atom stereocenters. The average molecular weight is 391 g/mol. The number of allylic oxidation sites excluding steroid dienone is 2. The highest BCUT2D eigenvalue weighted by Gasteiger charge is 2.47. The summed E-state index contributed by atoms with van der Waals surface area (Å²) in [5, 5.41) is 8.68. The van der Waals surface area contributed by atoms with Gasteiger partial charge in [-0.25, -0.2) is 0 Å². The van der Waals surface area contributed by atoms with E-state index in [1.165, 1.54) is 12.8 Å². The van der Waals surface area contributed by atoms with Crippen molar-refractivity contribution in [2.24, 2.45) is 11.8 Å². The molecule has 2 bridgehead atoms. The predicted molar refractivity (Wildman–Crippen MR) is 109 cm³/mol. The van der Waals surface area contributed by atoms with Crippen LogP contribution in [0.25, 0.3) is 0 Å². The third-order valence-corrected chi connectivity index (χ3v) is 6.55. The zero-order valence-electron chi connectivity index (χ0n) is 15.8. The van der Waals surface area contributed by atoms with Gasteiger partial charge in [-0.3, -0.25) is 4.79 Å². The standard InChI is InChI=1S/C22H30O4S/c23-22(24)11-7-2-1-6-10-18-19(21-13-12-20(18)26-21)16-27-15-14-25-17-8-4-3-5-9-17/h1,3-6,8-9,18-21H,2,7,10-16H2,(H,23,24)/b6-1-/t18-,19-,20-,21+/m1/s1. The van der Waals surface area contributed by atoms with E-state index in [2.05, 4.69) is 12.2 Å². The van der Waals surface area contributed by atoms with Crippen LogP contribution in [0.5, 0.6) is 5.75 Å². The van der Waals surface area contributed by atoms with Gasteiger partial charge in [0.15, 0.2) is 0 Å². The number of rotatable bonds is 12. The summed E-state index contributed by atoms with van der Waals surface area (Å²) >= 11 is 1.97. The molecule has 1 aromatic carbocycles. The fourth-order valence-electron chi connectivity index (χ4n) is 4.12. The SMILES string of the molecule is O=C(O)CCC/C=C\C[C@@H]1[C@@H](CSCCOc2ccccc2)[C@@H]2CC[C@H]1O2. The summed E-state index contributed by atoms with van der Waals surface area (Å²) < 4.78 is 12.0.